The molecule has 22 heavy (non-hydrogen) atoms. The van der Waals surface area contributed by atoms with Crippen molar-refractivity contribution in [1.82, 2.24) is 4.72 Å². The van der Waals surface area contributed by atoms with Crippen LogP contribution in [0.25, 0.3) is 0 Å². The third-order valence-corrected chi connectivity index (χ3v) is 4.52. The summed E-state index contributed by atoms with van der Waals surface area (Å²) in [5, 5.41) is 21.0. The van der Waals surface area contributed by atoms with Gasteiger partial charge in [-0.25, -0.2) is 17.9 Å². The van der Waals surface area contributed by atoms with Crippen molar-refractivity contribution in [2.45, 2.75) is 37.6 Å². The lowest BCUT2D eigenvalue weighted by Gasteiger charge is -2.17. The molecule has 0 spiro atoms. The second kappa shape index (κ2) is 8.11. The highest BCUT2D eigenvalue weighted by Crippen LogP contribution is 2.22. The zero-order valence-corrected chi connectivity index (χ0v) is 13.5. The van der Waals surface area contributed by atoms with Gasteiger partial charge in [-0.15, -0.1) is 0 Å². The van der Waals surface area contributed by atoms with E-state index in [9.17, 15) is 18.3 Å². The number of nitrogens with one attached hydrogen (secondary N) is 2. The summed E-state index contributed by atoms with van der Waals surface area (Å²) >= 11 is 0. The lowest BCUT2D eigenvalue weighted by Crippen LogP contribution is -2.27. The Morgan fingerprint density at radius 3 is 2.59 bits per heavy atom. The maximum absolute atomic E-state index is 12.0. The Balaban J connectivity index is 3.12. The molecule has 0 bridgehead atoms. The number of carboxylic acids is 1. The third-order valence-electron chi connectivity index (χ3n) is 3.06. The van der Waals surface area contributed by atoms with Crippen LogP contribution in [-0.2, 0) is 10.0 Å². The van der Waals surface area contributed by atoms with Crippen LogP contribution in [0.15, 0.2) is 23.1 Å². The van der Waals surface area contributed by atoms with Crippen LogP contribution in [0.5, 0.6) is 0 Å². The minimum Gasteiger partial charge on any atom is -0.478 e. The van der Waals surface area contributed by atoms with Gasteiger partial charge in [0.15, 0.2) is 0 Å². The number of anilines is 1. The molecule has 1 rings (SSSR count). The zero-order chi connectivity index (χ0) is 16.8. The van der Waals surface area contributed by atoms with Crippen LogP contribution in [0.2, 0.25) is 0 Å². The van der Waals surface area contributed by atoms with Crippen molar-refractivity contribution in [3.8, 4) is 0 Å². The number of benzene rings is 1. The first-order valence-corrected chi connectivity index (χ1v) is 8.54. The van der Waals surface area contributed by atoms with Crippen LogP contribution < -0.4 is 10.0 Å². The Morgan fingerprint density at radius 1 is 1.36 bits per heavy atom. The SMILES string of the molecule is CCC[C@@H](C)Nc1ccc(S(=O)(=O)NCCO)cc1C(=O)O. The van der Waals surface area contributed by atoms with Crippen molar-refractivity contribution in [2.75, 3.05) is 18.5 Å². The van der Waals surface area contributed by atoms with Crippen molar-refractivity contribution in [2.24, 2.45) is 0 Å². The molecule has 0 heterocycles. The molecule has 1 atom stereocenters. The van der Waals surface area contributed by atoms with Gasteiger partial charge in [-0.05, 0) is 31.5 Å². The number of aromatic carboxylic acids is 1. The fraction of sp³-hybridized carbons (Fsp3) is 0.500. The molecule has 0 unspecified atom stereocenters. The van der Waals surface area contributed by atoms with Gasteiger partial charge in [-0.1, -0.05) is 13.3 Å². The van der Waals surface area contributed by atoms with E-state index in [2.05, 4.69) is 10.0 Å². The number of aliphatic hydroxyl groups excluding tert-OH is 1. The fourth-order valence-corrected chi connectivity index (χ4v) is 3.07. The second-order valence-corrected chi connectivity index (χ2v) is 6.73. The van der Waals surface area contributed by atoms with Crippen LogP contribution in [0.3, 0.4) is 0 Å². The zero-order valence-electron chi connectivity index (χ0n) is 12.7. The van der Waals surface area contributed by atoms with E-state index in [1.54, 1.807) is 0 Å². The van der Waals surface area contributed by atoms with Gasteiger partial charge in [0.05, 0.1) is 17.1 Å². The summed E-state index contributed by atoms with van der Waals surface area (Å²) in [6.45, 7) is 3.50. The number of rotatable bonds is 9. The average Bonchev–Trinajstić information content (AvgIpc) is 2.45. The molecule has 0 aliphatic rings. The fourth-order valence-electron chi connectivity index (χ4n) is 2.03. The number of aliphatic hydroxyl groups is 1. The van der Waals surface area contributed by atoms with Crippen molar-refractivity contribution in [3.63, 3.8) is 0 Å². The van der Waals surface area contributed by atoms with Gasteiger partial charge < -0.3 is 15.5 Å². The molecule has 0 aromatic heterocycles. The molecule has 0 radical (unpaired) electrons. The summed E-state index contributed by atoms with van der Waals surface area (Å²) in [5.41, 5.74) is 0.282. The smallest absolute Gasteiger partial charge is 0.337 e. The van der Waals surface area contributed by atoms with Crippen molar-refractivity contribution >= 4 is 21.7 Å². The summed E-state index contributed by atoms with van der Waals surface area (Å²) in [6, 6.07) is 3.98. The van der Waals surface area contributed by atoms with Crippen molar-refractivity contribution in [3.05, 3.63) is 23.8 Å². The highest BCUT2D eigenvalue weighted by Gasteiger charge is 2.19. The van der Waals surface area contributed by atoms with Gasteiger partial charge in [-0.2, -0.15) is 0 Å². The summed E-state index contributed by atoms with van der Waals surface area (Å²) in [6.07, 6.45) is 1.82. The predicted molar refractivity (Wildman–Crippen MR) is 83.7 cm³/mol. The molecule has 7 nitrogen and oxygen atoms in total. The van der Waals surface area contributed by atoms with Gasteiger partial charge in [-0.3, -0.25) is 0 Å². The largest absolute Gasteiger partial charge is 0.478 e. The van der Waals surface area contributed by atoms with Gasteiger partial charge in [0, 0.05) is 18.3 Å². The molecule has 0 amide bonds. The van der Waals surface area contributed by atoms with Crippen LogP contribution >= 0.6 is 0 Å². The minimum absolute atomic E-state index is 0.0815. The maximum atomic E-state index is 12.0. The van der Waals surface area contributed by atoms with Gasteiger partial charge in [0.25, 0.3) is 0 Å². The Labute approximate surface area is 130 Å². The van der Waals surface area contributed by atoms with Gasteiger partial charge in [0.2, 0.25) is 10.0 Å². The van der Waals surface area contributed by atoms with E-state index in [0.717, 1.165) is 18.9 Å². The third kappa shape index (κ3) is 4.97. The summed E-state index contributed by atoms with van der Waals surface area (Å²) in [5.74, 6) is -1.20. The maximum Gasteiger partial charge on any atom is 0.337 e. The van der Waals surface area contributed by atoms with E-state index >= 15 is 0 Å². The minimum atomic E-state index is -3.84. The number of carboxylic acid groups (broad SMARTS) is 1. The van der Waals surface area contributed by atoms with Crippen molar-refractivity contribution < 1.29 is 23.4 Å². The molecule has 0 saturated carbocycles. The average molecular weight is 330 g/mol. The topological polar surface area (TPSA) is 116 Å². The quantitative estimate of drug-likeness (QED) is 0.542. The molecular formula is C14H22N2O5S. The van der Waals surface area contributed by atoms with Gasteiger partial charge in [0.1, 0.15) is 0 Å². The van der Waals surface area contributed by atoms with Crippen LogP contribution in [0, 0.1) is 0 Å². The highest BCUT2D eigenvalue weighted by molar-refractivity contribution is 7.89. The molecule has 0 aliphatic heterocycles. The lowest BCUT2D eigenvalue weighted by molar-refractivity contribution is 0.0697. The van der Waals surface area contributed by atoms with Crippen LogP contribution in [0.4, 0.5) is 5.69 Å². The molecule has 0 fully saturated rings. The Morgan fingerprint density at radius 2 is 2.05 bits per heavy atom. The Bertz CT molecular complexity index is 616. The molecule has 8 heteroatoms. The predicted octanol–water partition coefficient (Wildman–Crippen LogP) is 1.26. The lowest BCUT2D eigenvalue weighted by atomic mass is 10.1. The second-order valence-electron chi connectivity index (χ2n) is 4.97. The summed E-state index contributed by atoms with van der Waals surface area (Å²) in [4.78, 5) is 11.2. The van der Waals surface area contributed by atoms with E-state index in [4.69, 9.17) is 5.11 Å². The number of hydrogen-bond donors (Lipinski definition) is 4. The molecular weight excluding hydrogens is 308 g/mol. The first kappa shape index (κ1) is 18.4. The number of sulfonamides is 1. The molecule has 0 saturated heterocycles. The van der Waals surface area contributed by atoms with E-state index < -0.39 is 16.0 Å². The molecule has 0 aliphatic carbocycles. The van der Waals surface area contributed by atoms with E-state index in [-0.39, 0.29) is 29.7 Å². The molecule has 1 aromatic rings. The first-order chi connectivity index (χ1) is 10.3. The molecule has 124 valence electrons. The molecule has 4 N–H and O–H groups in total. The van der Waals surface area contributed by atoms with E-state index in [1.807, 2.05) is 13.8 Å². The van der Waals surface area contributed by atoms with Crippen molar-refractivity contribution in [1.29, 1.82) is 0 Å². The van der Waals surface area contributed by atoms with Crippen LogP contribution in [0.1, 0.15) is 37.0 Å². The normalized spacial score (nSPS) is 12.9. The Hall–Kier alpha value is -1.64. The van der Waals surface area contributed by atoms with Crippen LogP contribution in [-0.4, -0.2) is 43.8 Å². The number of carbonyl (C=O) groups is 1. The molecule has 1 aromatic carbocycles. The number of hydrogen-bond acceptors (Lipinski definition) is 5. The summed E-state index contributed by atoms with van der Waals surface area (Å²) < 4.78 is 26.1. The summed E-state index contributed by atoms with van der Waals surface area (Å²) in [7, 11) is -3.84. The highest BCUT2D eigenvalue weighted by atomic mass is 32.2. The monoisotopic (exact) mass is 330 g/mol. The first-order valence-electron chi connectivity index (χ1n) is 7.06. The van der Waals surface area contributed by atoms with E-state index in [1.165, 1.54) is 12.1 Å². The van der Waals surface area contributed by atoms with Gasteiger partial charge >= 0.3 is 5.97 Å². The standard InChI is InChI=1S/C14H22N2O5S/c1-3-4-10(2)16-13-6-5-11(9-12(13)14(18)19)22(20,21)15-7-8-17/h5-6,9-10,15-17H,3-4,7-8H2,1-2H3,(H,18,19)/t10-/m1/s1. The van der Waals surface area contributed by atoms with E-state index in [0.29, 0.717) is 5.69 Å². The Kier molecular flexibility index (Phi) is 6.79.